The standard InChI is InChI=1S/C9H15BrO2/c1-2-3-6-11-9-8(10)5-4-7-12-9/h2-3,8-9H,4-7H2,1H3/b3-2+. The van der Waals surface area contributed by atoms with Gasteiger partial charge in [0.15, 0.2) is 6.29 Å². The summed E-state index contributed by atoms with van der Waals surface area (Å²) in [6.07, 6.45) is 6.17. The van der Waals surface area contributed by atoms with E-state index in [4.69, 9.17) is 9.47 Å². The van der Waals surface area contributed by atoms with Gasteiger partial charge in [0.25, 0.3) is 0 Å². The normalized spacial score (nSPS) is 31.2. The lowest BCUT2D eigenvalue weighted by Crippen LogP contribution is -2.32. The molecule has 0 radical (unpaired) electrons. The van der Waals surface area contributed by atoms with E-state index in [-0.39, 0.29) is 6.29 Å². The zero-order valence-electron chi connectivity index (χ0n) is 7.33. The Morgan fingerprint density at radius 2 is 2.50 bits per heavy atom. The van der Waals surface area contributed by atoms with Crippen LogP contribution in [0.4, 0.5) is 0 Å². The fraction of sp³-hybridized carbons (Fsp3) is 0.778. The first kappa shape index (κ1) is 10.2. The van der Waals surface area contributed by atoms with Crippen molar-refractivity contribution in [1.29, 1.82) is 0 Å². The summed E-state index contributed by atoms with van der Waals surface area (Å²) in [5.41, 5.74) is 0. The third-order valence-electron chi connectivity index (χ3n) is 1.79. The highest BCUT2D eigenvalue weighted by molar-refractivity contribution is 9.09. The average Bonchev–Trinajstić information content (AvgIpc) is 2.09. The van der Waals surface area contributed by atoms with Gasteiger partial charge in [-0.2, -0.15) is 0 Å². The van der Waals surface area contributed by atoms with Crippen molar-refractivity contribution in [3.8, 4) is 0 Å². The maximum absolute atomic E-state index is 5.48. The zero-order chi connectivity index (χ0) is 8.81. The minimum atomic E-state index is -0.0602. The van der Waals surface area contributed by atoms with Crippen molar-refractivity contribution < 1.29 is 9.47 Å². The second-order valence-electron chi connectivity index (χ2n) is 2.80. The van der Waals surface area contributed by atoms with Gasteiger partial charge in [-0.25, -0.2) is 0 Å². The van der Waals surface area contributed by atoms with E-state index in [1.807, 2.05) is 19.1 Å². The van der Waals surface area contributed by atoms with Gasteiger partial charge in [-0.1, -0.05) is 28.1 Å². The summed E-state index contributed by atoms with van der Waals surface area (Å²) < 4.78 is 10.9. The van der Waals surface area contributed by atoms with E-state index in [2.05, 4.69) is 15.9 Å². The number of alkyl halides is 1. The lowest BCUT2D eigenvalue weighted by atomic mass is 10.2. The molecule has 1 rings (SSSR count). The highest BCUT2D eigenvalue weighted by Gasteiger charge is 2.23. The predicted molar refractivity (Wildman–Crippen MR) is 52.5 cm³/mol. The van der Waals surface area contributed by atoms with Crippen molar-refractivity contribution in [3.63, 3.8) is 0 Å². The van der Waals surface area contributed by atoms with Crippen LogP contribution < -0.4 is 0 Å². The molecule has 0 aromatic carbocycles. The molecule has 1 aliphatic rings. The Kier molecular flexibility index (Phi) is 4.88. The van der Waals surface area contributed by atoms with Gasteiger partial charge < -0.3 is 9.47 Å². The fourth-order valence-electron chi connectivity index (χ4n) is 1.12. The summed E-state index contributed by atoms with van der Waals surface area (Å²) in [6.45, 7) is 3.45. The van der Waals surface area contributed by atoms with Crippen LogP contribution in [0.15, 0.2) is 12.2 Å². The summed E-state index contributed by atoms with van der Waals surface area (Å²) >= 11 is 3.53. The maximum atomic E-state index is 5.48. The number of allylic oxidation sites excluding steroid dienone is 1. The highest BCUT2D eigenvalue weighted by atomic mass is 79.9. The van der Waals surface area contributed by atoms with Gasteiger partial charge in [-0.15, -0.1) is 0 Å². The molecule has 0 aliphatic carbocycles. The minimum absolute atomic E-state index is 0.0602. The van der Waals surface area contributed by atoms with Crippen molar-refractivity contribution in [3.05, 3.63) is 12.2 Å². The van der Waals surface area contributed by atoms with Gasteiger partial charge in [0.05, 0.1) is 11.4 Å². The quantitative estimate of drug-likeness (QED) is 0.552. The van der Waals surface area contributed by atoms with Gasteiger partial charge in [-0.3, -0.25) is 0 Å². The molecular formula is C9H15BrO2. The molecule has 0 amide bonds. The van der Waals surface area contributed by atoms with Crippen LogP contribution in [0.1, 0.15) is 19.8 Å². The van der Waals surface area contributed by atoms with Crippen LogP contribution in [0.2, 0.25) is 0 Å². The molecule has 2 atom stereocenters. The molecule has 0 spiro atoms. The average molecular weight is 235 g/mol. The first-order valence-electron chi connectivity index (χ1n) is 4.33. The zero-order valence-corrected chi connectivity index (χ0v) is 8.92. The Morgan fingerprint density at radius 3 is 3.17 bits per heavy atom. The fourth-order valence-corrected chi connectivity index (χ4v) is 1.75. The first-order valence-corrected chi connectivity index (χ1v) is 5.24. The van der Waals surface area contributed by atoms with Gasteiger partial charge >= 0.3 is 0 Å². The molecule has 1 heterocycles. The molecule has 0 aromatic rings. The van der Waals surface area contributed by atoms with E-state index in [1.54, 1.807) is 0 Å². The molecule has 1 aliphatic heterocycles. The van der Waals surface area contributed by atoms with Crippen molar-refractivity contribution in [2.75, 3.05) is 13.2 Å². The van der Waals surface area contributed by atoms with Crippen LogP contribution in [0.3, 0.4) is 0 Å². The third-order valence-corrected chi connectivity index (χ3v) is 2.68. The number of rotatable bonds is 3. The Bertz CT molecular complexity index is 147. The number of hydrogen-bond acceptors (Lipinski definition) is 2. The second kappa shape index (κ2) is 5.73. The monoisotopic (exact) mass is 234 g/mol. The van der Waals surface area contributed by atoms with Crippen LogP contribution >= 0.6 is 15.9 Å². The van der Waals surface area contributed by atoms with Crippen LogP contribution in [0, 0.1) is 0 Å². The summed E-state index contributed by atoms with van der Waals surface area (Å²) in [5.74, 6) is 0. The molecule has 2 nitrogen and oxygen atoms in total. The number of halogens is 1. The van der Waals surface area contributed by atoms with E-state index in [1.165, 1.54) is 0 Å². The van der Waals surface area contributed by atoms with E-state index < -0.39 is 0 Å². The Balaban J connectivity index is 2.20. The number of ether oxygens (including phenoxy) is 2. The Morgan fingerprint density at radius 1 is 1.67 bits per heavy atom. The lowest BCUT2D eigenvalue weighted by molar-refractivity contribution is -0.149. The van der Waals surface area contributed by atoms with Crippen LogP contribution in [0.5, 0.6) is 0 Å². The molecule has 0 bridgehead atoms. The van der Waals surface area contributed by atoms with Crippen LogP contribution in [0.25, 0.3) is 0 Å². The first-order chi connectivity index (χ1) is 5.84. The summed E-state index contributed by atoms with van der Waals surface area (Å²) in [5, 5.41) is 0. The molecule has 70 valence electrons. The molecular weight excluding hydrogens is 220 g/mol. The molecule has 0 aromatic heterocycles. The molecule has 0 saturated carbocycles. The van der Waals surface area contributed by atoms with Gasteiger partial charge in [0.2, 0.25) is 0 Å². The topological polar surface area (TPSA) is 18.5 Å². The van der Waals surface area contributed by atoms with Crippen molar-refractivity contribution in [2.24, 2.45) is 0 Å². The Labute approximate surface area is 82.1 Å². The predicted octanol–water partition coefficient (Wildman–Crippen LogP) is 2.48. The molecule has 0 N–H and O–H groups in total. The summed E-state index contributed by atoms with van der Waals surface area (Å²) in [6, 6.07) is 0. The van der Waals surface area contributed by atoms with Crippen molar-refractivity contribution >= 4 is 15.9 Å². The summed E-state index contributed by atoms with van der Waals surface area (Å²) in [4.78, 5) is 0.358. The van der Waals surface area contributed by atoms with E-state index in [0.717, 1.165) is 19.4 Å². The molecule has 12 heavy (non-hydrogen) atoms. The van der Waals surface area contributed by atoms with E-state index in [9.17, 15) is 0 Å². The smallest absolute Gasteiger partial charge is 0.170 e. The van der Waals surface area contributed by atoms with Crippen molar-refractivity contribution in [2.45, 2.75) is 30.9 Å². The van der Waals surface area contributed by atoms with Gasteiger partial charge in [-0.05, 0) is 19.8 Å². The lowest BCUT2D eigenvalue weighted by Gasteiger charge is -2.27. The molecule has 2 unspecified atom stereocenters. The van der Waals surface area contributed by atoms with E-state index >= 15 is 0 Å². The molecule has 1 saturated heterocycles. The highest BCUT2D eigenvalue weighted by Crippen LogP contribution is 2.21. The minimum Gasteiger partial charge on any atom is -0.351 e. The second-order valence-corrected chi connectivity index (χ2v) is 3.98. The van der Waals surface area contributed by atoms with Crippen molar-refractivity contribution in [1.82, 2.24) is 0 Å². The largest absolute Gasteiger partial charge is 0.351 e. The molecule has 3 heteroatoms. The van der Waals surface area contributed by atoms with Crippen LogP contribution in [-0.2, 0) is 9.47 Å². The van der Waals surface area contributed by atoms with E-state index in [0.29, 0.717) is 11.4 Å². The third kappa shape index (κ3) is 3.25. The number of hydrogen-bond donors (Lipinski definition) is 0. The van der Waals surface area contributed by atoms with Gasteiger partial charge in [0, 0.05) is 6.61 Å². The molecule has 1 fully saturated rings. The maximum Gasteiger partial charge on any atom is 0.170 e. The SMILES string of the molecule is C/C=C/COC1OCCCC1Br. The Hall–Kier alpha value is 0.140. The summed E-state index contributed by atoms with van der Waals surface area (Å²) in [7, 11) is 0. The van der Waals surface area contributed by atoms with Crippen LogP contribution in [-0.4, -0.2) is 24.3 Å². The van der Waals surface area contributed by atoms with Gasteiger partial charge in [0.1, 0.15) is 0 Å².